The van der Waals surface area contributed by atoms with E-state index in [1.165, 1.54) is 16.7 Å². The molecular formula is C21H28O2. The monoisotopic (exact) mass is 312 g/mol. The molecule has 0 saturated heterocycles. The summed E-state index contributed by atoms with van der Waals surface area (Å²) >= 11 is 0. The zero-order chi connectivity index (χ0) is 16.7. The molecule has 0 aliphatic heterocycles. The van der Waals surface area contributed by atoms with Crippen LogP contribution in [-0.4, -0.2) is 14.2 Å². The fourth-order valence-corrected chi connectivity index (χ4v) is 3.16. The third-order valence-corrected chi connectivity index (χ3v) is 4.22. The Balaban J connectivity index is 2.52. The van der Waals surface area contributed by atoms with Crippen molar-refractivity contribution in [2.75, 3.05) is 14.2 Å². The third kappa shape index (κ3) is 4.28. The first-order chi connectivity index (χ1) is 11.2. The van der Waals surface area contributed by atoms with Gasteiger partial charge in [0.2, 0.25) is 0 Å². The molecule has 1 atom stereocenters. The number of para-hydroxylation sites is 1. The summed E-state index contributed by atoms with van der Waals surface area (Å²) in [6, 6.07) is 8.28. The molecule has 0 bridgehead atoms. The van der Waals surface area contributed by atoms with Crippen LogP contribution in [0.25, 0.3) is 0 Å². The molecule has 1 aliphatic carbocycles. The standard InChI is InChI=1S/C21H28O2/c1-5-9-16-13-17(10-6-2)20(15-18(14-16)22-3)19-11-7-8-12-21(19)23-4/h7-8,11-15,20H,5-6,9-10H2,1-4H3/t20-/m1/s1. The molecular weight excluding hydrogens is 284 g/mol. The summed E-state index contributed by atoms with van der Waals surface area (Å²) in [6.45, 7) is 4.45. The van der Waals surface area contributed by atoms with Crippen LogP contribution in [0.4, 0.5) is 0 Å². The number of rotatable bonds is 7. The average molecular weight is 312 g/mol. The summed E-state index contributed by atoms with van der Waals surface area (Å²) in [5.41, 5.74) is 3.99. The molecule has 124 valence electrons. The van der Waals surface area contributed by atoms with Crippen LogP contribution in [0, 0.1) is 0 Å². The third-order valence-electron chi connectivity index (χ3n) is 4.22. The second kappa shape index (κ2) is 8.61. The van der Waals surface area contributed by atoms with E-state index in [2.05, 4.69) is 44.2 Å². The van der Waals surface area contributed by atoms with Crippen molar-refractivity contribution < 1.29 is 9.47 Å². The minimum absolute atomic E-state index is 0.201. The molecule has 0 fully saturated rings. The Morgan fingerprint density at radius 1 is 0.913 bits per heavy atom. The van der Waals surface area contributed by atoms with E-state index in [-0.39, 0.29) is 5.92 Å². The van der Waals surface area contributed by atoms with Crippen LogP contribution in [0.1, 0.15) is 51.0 Å². The maximum atomic E-state index is 5.61. The van der Waals surface area contributed by atoms with E-state index in [9.17, 15) is 0 Å². The number of hydrogen-bond acceptors (Lipinski definition) is 2. The van der Waals surface area contributed by atoms with Crippen molar-refractivity contribution in [2.24, 2.45) is 0 Å². The van der Waals surface area contributed by atoms with Gasteiger partial charge in [-0.3, -0.25) is 0 Å². The van der Waals surface area contributed by atoms with Gasteiger partial charge in [0.15, 0.2) is 0 Å². The minimum atomic E-state index is 0.201. The molecule has 1 aromatic carbocycles. The van der Waals surface area contributed by atoms with E-state index in [0.717, 1.165) is 37.2 Å². The molecule has 0 unspecified atom stereocenters. The predicted molar refractivity (Wildman–Crippen MR) is 96.8 cm³/mol. The maximum Gasteiger partial charge on any atom is 0.122 e. The topological polar surface area (TPSA) is 18.5 Å². The highest BCUT2D eigenvalue weighted by Gasteiger charge is 2.21. The Bertz CT molecular complexity index is 608. The van der Waals surface area contributed by atoms with Crippen molar-refractivity contribution >= 4 is 0 Å². The van der Waals surface area contributed by atoms with Crippen LogP contribution in [0.2, 0.25) is 0 Å². The van der Waals surface area contributed by atoms with E-state index in [0.29, 0.717) is 0 Å². The van der Waals surface area contributed by atoms with Gasteiger partial charge in [-0.05, 0) is 36.6 Å². The maximum absolute atomic E-state index is 5.61. The van der Waals surface area contributed by atoms with Crippen LogP contribution in [0.5, 0.6) is 5.75 Å². The Kier molecular flexibility index (Phi) is 6.52. The van der Waals surface area contributed by atoms with Crippen molar-refractivity contribution in [3.8, 4) is 5.75 Å². The van der Waals surface area contributed by atoms with E-state index in [1.54, 1.807) is 14.2 Å². The number of allylic oxidation sites excluding steroid dienone is 5. The molecule has 0 radical (unpaired) electrons. The molecule has 23 heavy (non-hydrogen) atoms. The van der Waals surface area contributed by atoms with Gasteiger partial charge < -0.3 is 9.47 Å². The molecule has 2 heteroatoms. The highest BCUT2D eigenvalue weighted by atomic mass is 16.5. The first kappa shape index (κ1) is 17.4. The van der Waals surface area contributed by atoms with Gasteiger partial charge in [-0.2, -0.15) is 0 Å². The minimum Gasteiger partial charge on any atom is -0.497 e. The molecule has 1 aliphatic rings. The van der Waals surface area contributed by atoms with Crippen molar-refractivity contribution in [3.63, 3.8) is 0 Å². The van der Waals surface area contributed by atoms with Crippen LogP contribution in [0.3, 0.4) is 0 Å². The lowest BCUT2D eigenvalue weighted by atomic mass is 9.87. The van der Waals surface area contributed by atoms with Crippen LogP contribution in [0.15, 0.2) is 59.4 Å². The highest BCUT2D eigenvalue weighted by Crippen LogP contribution is 2.38. The van der Waals surface area contributed by atoms with Gasteiger partial charge in [0.05, 0.1) is 14.2 Å². The molecule has 0 saturated carbocycles. The molecule has 0 heterocycles. The van der Waals surface area contributed by atoms with Gasteiger partial charge in [0.1, 0.15) is 11.5 Å². The smallest absolute Gasteiger partial charge is 0.122 e. The zero-order valence-electron chi connectivity index (χ0n) is 14.8. The quantitative estimate of drug-likeness (QED) is 0.635. The zero-order valence-corrected chi connectivity index (χ0v) is 14.8. The lowest BCUT2D eigenvalue weighted by Gasteiger charge is -2.20. The first-order valence-corrected chi connectivity index (χ1v) is 8.53. The Morgan fingerprint density at radius 2 is 1.65 bits per heavy atom. The molecule has 1 aromatic rings. The van der Waals surface area contributed by atoms with Gasteiger partial charge in [0.25, 0.3) is 0 Å². The van der Waals surface area contributed by atoms with E-state index in [4.69, 9.17) is 9.47 Å². The van der Waals surface area contributed by atoms with Gasteiger partial charge in [0, 0.05) is 11.5 Å². The van der Waals surface area contributed by atoms with Gasteiger partial charge in [-0.25, -0.2) is 0 Å². The summed E-state index contributed by atoms with van der Waals surface area (Å²) < 4.78 is 11.2. The summed E-state index contributed by atoms with van der Waals surface area (Å²) in [5, 5.41) is 0. The second-order valence-electron chi connectivity index (χ2n) is 5.93. The molecule has 2 nitrogen and oxygen atoms in total. The van der Waals surface area contributed by atoms with Crippen molar-refractivity contribution in [2.45, 2.75) is 45.4 Å². The highest BCUT2D eigenvalue weighted by molar-refractivity contribution is 5.48. The molecule has 0 N–H and O–H groups in total. The fraction of sp³-hybridized carbons (Fsp3) is 0.429. The number of hydrogen-bond donors (Lipinski definition) is 0. The normalized spacial score (nSPS) is 17.7. The van der Waals surface area contributed by atoms with Gasteiger partial charge in [-0.15, -0.1) is 0 Å². The largest absolute Gasteiger partial charge is 0.497 e. The summed E-state index contributed by atoms with van der Waals surface area (Å²) in [5.74, 6) is 2.07. The van der Waals surface area contributed by atoms with Gasteiger partial charge >= 0.3 is 0 Å². The first-order valence-electron chi connectivity index (χ1n) is 8.53. The number of benzene rings is 1. The van der Waals surface area contributed by atoms with Crippen LogP contribution >= 0.6 is 0 Å². The summed E-state index contributed by atoms with van der Waals surface area (Å²) in [4.78, 5) is 0. The van der Waals surface area contributed by atoms with Crippen LogP contribution in [-0.2, 0) is 4.74 Å². The number of methoxy groups -OCH3 is 2. The fourth-order valence-electron chi connectivity index (χ4n) is 3.16. The number of ether oxygens (including phenoxy) is 2. The average Bonchev–Trinajstić information content (AvgIpc) is 2.75. The molecule has 2 rings (SSSR count). The van der Waals surface area contributed by atoms with Crippen LogP contribution < -0.4 is 4.74 Å². The Morgan fingerprint density at radius 3 is 2.30 bits per heavy atom. The Labute approximate surface area is 140 Å². The molecule has 0 amide bonds. The van der Waals surface area contributed by atoms with Gasteiger partial charge in [-0.1, -0.05) is 56.5 Å². The lowest BCUT2D eigenvalue weighted by Crippen LogP contribution is -2.03. The van der Waals surface area contributed by atoms with Crippen molar-refractivity contribution in [1.29, 1.82) is 0 Å². The molecule has 0 spiro atoms. The van der Waals surface area contributed by atoms with E-state index < -0.39 is 0 Å². The second-order valence-corrected chi connectivity index (χ2v) is 5.93. The summed E-state index contributed by atoms with van der Waals surface area (Å²) in [7, 11) is 3.48. The Hall–Kier alpha value is -1.96. The lowest BCUT2D eigenvalue weighted by molar-refractivity contribution is 0.304. The SMILES string of the molecule is CCCC1=CC(OC)=C[C@@H](c2ccccc2OC)C(CCC)=C1. The summed E-state index contributed by atoms with van der Waals surface area (Å²) in [6.07, 6.45) is 11.2. The van der Waals surface area contributed by atoms with Crippen molar-refractivity contribution in [1.82, 2.24) is 0 Å². The van der Waals surface area contributed by atoms with E-state index in [1.807, 2.05) is 12.1 Å². The molecule has 0 aromatic heterocycles. The van der Waals surface area contributed by atoms with Crippen molar-refractivity contribution in [3.05, 3.63) is 65.0 Å². The van der Waals surface area contributed by atoms with E-state index >= 15 is 0 Å². The predicted octanol–water partition coefficient (Wildman–Crippen LogP) is 5.78.